The number of unbranched alkanes of at least 4 members (excludes halogenated alkanes) is 1. The van der Waals surface area contributed by atoms with Crippen LogP contribution in [-0.2, 0) is 0 Å². The summed E-state index contributed by atoms with van der Waals surface area (Å²) in [5, 5.41) is 6.96. The molecule has 0 spiro atoms. The Bertz CT molecular complexity index is 547. The van der Waals surface area contributed by atoms with Crippen LogP contribution in [0.2, 0.25) is 0 Å². The third kappa shape index (κ3) is 9.93. The molecule has 2 N–H and O–H groups in total. The first-order chi connectivity index (χ1) is 13.8. The van der Waals surface area contributed by atoms with Crippen molar-refractivity contribution >= 4 is 35.9 Å². The first kappa shape index (κ1) is 25.9. The average Bonchev–Trinajstić information content (AvgIpc) is 2.76. The van der Waals surface area contributed by atoms with Crippen molar-refractivity contribution in [2.75, 3.05) is 57.8 Å². The second-order valence-corrected chi connectivity index (χ2v) is 7.53. The number of anilines is 1. The van der Waals surface area contributed by atoms with Crippen LogP contribution < -0.4 is 15.5 Å². The molecule has 0 saturated carbocycles. The molecule has 0 bridgehead atoms. The summed E-state index contributed by atoms with van der Waals surface area (Å²) >= 11 is 0. The van der Waals surface area contributed by atoms with Gasteiger partial charge in [0, 0.05) is 58.7 Å². The van der Waals surface area contributed by atoms with Crippen molar-refractivity contribution in [3.05, 3.63) is 18.5 Å². The topological polar surface area (TPSA) is 68.7 Å². The zero-order chi connectivity index (χ0) is 20.0. The van der Waals surface area contributed by atoms with Gasteiger partial charge in [-0.1, -0.05) is 33.1 Å². The molecule has 0 aliphatic carbocycles. The van der Waals surface area contributed by atoms with Gasteiger partial charge >= 0.3 is 0 Å². The number of halogens is 1. The fraction of sp³-hybridized carbons (Fsp3) is 0.762. The van der Waals surface area contributed by atoms with E-state index in [1.807, 2.05) is 25.5 Å². The zero-order valence-corrected chi connectivity index (χ0v) is 20.8. The van der Waals surface area contributed by atoms with Gasteiger partial charge in [0.15, 0.2) is 5.96 Å². The van der Waals surface area contributed by atoms with Gasteiger partial charge in [-0.15, -0.1) is 24.0 Å². The lowest BCUT2D eigenvalue weighted by Crippen LogP contribution is -2.47. The number of aromatic nitrogens is 2. The van der Waals surface area contributed by atoms with Gasteiger partial charge in [0.1, 0.15) is 0 Å². The van der Waals surface area contributed by atoms with Crippen LogP contribution in [0.5, 0.6) is 0 Å². The molecular formula is C21H40IN7. The van der Waals surface area contributed by atoms with Crippen LogP contribution in [-0.4, -0.2) is 73.7 Å². The van der Waals surface area contributed by atoms with E-state index in [0.717, 1.165) is 70.1 Å². The molecular weight excluding hydrogens is 477 g/mol. The SMILES string of the molecule is CCCCC(CC)CNC(=NC)NCCCN1CCN(c2ncccn2)CC1.I. The van der Waals surface area contributed by atoms with Crippen LogP contribution in [0.25, 0.3) is 0 Å². The third-order valence-electron chi connectivity index (χ3n) is 5.48. The Morgan fingerprint density at radius 3 is 2.45 bits per heavy atom. The van der Waals surface area contributed by atoms with Crippen molar-refractivity contribution < 1.29 is 0 Å². The minimum Gasteiger partial charge on any atom is -0.356 e. The third-order valence-corrected chi connectivity index (χ3v) is 5.48. The van der Waals surface area contributed by atoms with Gasteiger partial charge in [-0.2, -0.15) is 0 Å². The molecule has 29 heavy (non-hydrogen) atoms. The van der Waals surface area contributed by atoms with Gasteiger partial charge in [-0.25, -0.2) is 9.97 Å². The van der Waals surface area contributed by atoms with Gasteiger partial charge in [-0.3, -0.25) is 9.89 Å². The number of guanidine groups is 1. The molecule has 1 atom stereocenters. The molecule has 0 amide bonds. The maximum Gasteiger partial charge on any atom is 0.225 e. The minimum atomic E-state index is 0. The molecule has 0 radical (unpaired) electrons. The van der Waals surface area contributed by atoms with Crippen LogP contribution >= 0.6 is 24.0 Å². The van der Waals surface area contributed by atoms with E-state index in [2.05, 4.69) is 49.2 Å². The van der Waals surface area contributed by atoms with E-state index in [1.165, 1.54) is 25.7 Å². The highest BCUT2D eigenvalue weighted by molar-refractivity contribution is 14.0. The Balaban J connectivity index is 0.00000420. The van der Waals surface area contributed by atoms with Gasteiger partial charge in [0.2, 0.25) is 5.95 Å². The van der Waals surface area contributed by atoms with Gasteiger partial charge in [0.25, 0.3) is 0 Å². The van der Waals surface area contributed by atoms with E-state index in [4.69, 9.17) is 0 Å². The van der Waals surface area contributed by atoms with E-state index in [9.17, 15) is 0 Å². The fourth-order valence-electron chi connectivity index (χ4n) is 3.54. The highest BCUT2D eigenvalue weighted by Crippen LogP contribution is 2.11. The second kappa shape index (κ2) is 15.6. The summed E-state index contributed by atoms with van der Waals surface area (Å²) in [6.45, 7) is 11.8. The molecule has 1 saturated heterocycles. The van der Waals surface area contributed by atoms with Crippen molar-refractivity contribution in [3.8, 4) is 0 Å². The van der Waals surface area contributed by atoms with Crippen LogP contribution in [0.15, 0.2) is 23.5 Å². The molecule has 0 aromatic carbocycles. The van der Waals surface area contributed by atoms with Crippen molar-refractivity contribution in [3.63, 3.8) is 0 Å². The maximum absolute atomic E-state index is 4.36. The summed E-state index contributed by atoms with van der Waals surface area (Å²) in [7, 11) is 1.85. The van der Waals surface area contributed by atoms with Crippen LogP contribution in [0.1, 0.15) is 46.0 Å². The second-order valence-electron chi connectivity index (χ2n) is 7.53. The lowest BCUT2D eigenvalue weighted by molar-refractivity contribution is 0.254. The van der Waals surface area contributed by atoms with Crippen LogP contribution in [0.3, 0.4) is 0 Å². The van der Waals surface area contributed by atoms with E-state index in [1.54, 1.807) is 0 Å². The molecule has 1 fully saturated rings. The normalized spacial score (nSPS) is 16.2. The fourth-order valence-corrected chi connectivity index (χ4v) is 3.54. The standard InChI is InChI=1S/C21H39N7.HI/c1-4-6-9-19(5-2)18-26-20(22-3)23-12-8-13-27-14-16-28(17-15-27)21-24-10-7-11-25-21;/h7,10-11,19H,4-6,8-9,12-18H2,1-3H3,(H2,22,23,26);1H. The molecule has 1 unspecified atom stereocenters. The Kier molecular flexibility index (Phi) is 14.0. The highest BCUT2D eigenvalue weighted by Gasteiger charge is 2.18. The maximum atomic E-state index is 4.36. The number of rotatable bonds is 11. The average molecular weight is 518 g/mol. The quantitative estimate of drug-likeness (QED) is 0.204. The Hall–Kier alpha value is -1.16. The van der Waals surface area contributed by atoms with Gasteiger partial charge < -0.3 is 15.5 Å². The lowest BCUT2D eigenvalue weighted by atomic mass is 9.99. The van der Waals surface area contributed by atoms with Gasteiger partial charge in [0.05, 0.1) is 0 Å². The van der Waals surface area contributed by atoms with E-state index in [0.29, 0.717) is 0 Å². The monoisotopic (exact) mass is 517 g/mol. The number of nitrogens with one attached hydrogen (secondary N) is 2. The first-order valence-corrected chi connectivity index (χ1v) is 11.0. The molecule has 1 aromatic rings. The molecule has 1 aromatic heterocycles. The summed E-state index contributed by atoms with van der Waals surface area (Å²) in [6, 6.07) is 1.86. The van der Waals surface area contributed by atoms with Crippen molar-refractivity contribution in [2.45, 2.75) is 46.0 Å². The smallest absolute Gasteiger partial charge is 0.225 e. The van der Waals surface area contributed by atoms with Gasteiger partial charge in [-0.05, 0) is 31.4 Å². The molecule has 8 heteroatoms. The summed E-state index contributed by atoms with van der Waals surface area (Å²) in [6.07, 6.45) is 9.87. The van der Waals surface area contributed by atoms with E-state index < -0.39 is 0 Å². The molecule has 1 aliphatic heterocycles. The highest BCUT2D eigenvalue weighted by atomic mass is 127. The first-order valence-electron chi connectivity index (χ1n) is 11.0. The summed E-state index contributed by atoms with van der Waals surface area (Å²) < 4.78 is 0. The van der Waals surface area contributed by atoms with E-state index >= 15 is 0 Å². The summed E-state index contributed by atoms with van der Waals surface area (Å²) in [5.41, 5.74) is 0. The van der Waals surface area contributed by atoms with Crippen molar-refractivity contribution in [1.82, 2.24) is 25.5 Å². The van der Waals surface area contributed by atoms with Crippen LogP contribution in [0.4, 0.5) is 5.95 Å². The van der Waals surface area contributed by atoms with Crippen LogP contribution in [0, 0.1) is 5.92 Å². The Labute approximate surface area is 194 Å². The predicted molar refractivity (Wildman–Crippen MR) is 133 cm³/mol. The number of hydrogen-bond acceptors (Lipinski definition) is 5. The number of piperazine rings is 1. The van der Waals surface area contributed by atoms with Crippen molar-refractivity contribution in [1.29, 1.82) is 0 Å². The Morgan fingerprint density at radius 2 is 1.83 bits per heavy atom. The zero-order valence-electron chi connectivity index (χ0n) is 18.4. The minimum absolute atomic E-state index is 0. The summed E-state index contributed by atoms with van der Waals surface area (Å²) in [4.78, 5) is 17.9. The number of aliphatic imine (C=N–C) groups is 1. The summed E-state index contributed by atoms with van der Waals surface area (Å²) in [5.74, 6) is 2.52. The molecule has 2 rings (SSSR count). The molecule has 1 aliphatic rings. The Morgan fingerprint density at radius 1 is 1.10 bits per heavy atom. The van der Waals surface area contributed by atoms with Crippen molar-refractivity contribution in [2.24, 2.45) is 10.9 Å². The number of nitrogens with zero attached hydrogens (tertiary/aromatic N) is 5. The molecule has 7 nitrogen and oxygen atoms in total. The van der Waals surface area contributed by atoms with E-state index in [-0.39, 0.29) is 24.0 Å². The number of hydrogen-bond donors (Lipinski definition) is 2. The molecule has 166 valence electrons. The largest absolute Gasteiger partial charge is 0.356 e. The predicted octanol–water partition coefficient (Wildman–Crippen LogP) is 2.99. The lowest BCUT2D eigenvalue weighted by Gasteiger charge is -2.34. The molecule has 2 heterocycles.